The maximum absolute atomic E-state index is 13.3. The smallest absolute Gasteiger partial charge is 0.411 e. The van der Waals surface area contributed by atoms with Gasteiger partial charge in [-0.05, 0) is 0 Å². The van der Waals surface area contributed by atoms with Crippen LogP contribution in [0.25, 0.3) is 0 Å². The van der Waals surface area contributed by atoms with Crippen LogP contribution in [0.5, 0.6) is 0 Å². The fraction of sp³-hybridized carbons (Fsp3) is 0.429. The first-order valence-corrected chi connectivity index (χ1v) is 7.16. The fourth-order valence-corrected chi connectivity index (χ4v) is 2.30. The number of hydrogen-bond donors (Lipinski definition) is 3. The number of carboxylic acid groups (broad SMARTS) is 1. The number of primary sulfonamides is 1. The molecule has 0 fully saturated rings. The lowest BCUT2D eigenvalue weighted by Crippen LogP contribution is -2.32. The molecule has 0 saturated heterocycles. The van der Waals surface area contributed by atoms with E-state index in [-0.39, 0.29) is 11.3 Å². The van der Waals surface area contributed by atoms with Gasteiger partial charge in [-0.2, -0.15) is 8.78 Å². The average Bonchev–Trinajstić information content (AvgIpc) is 2.73. The summed E-state index contributed by atoms with van der Waals surface area (Å²) in [5, 5.41) is 14.8. The Hall–Kier alpha value is -1.73. The Balaban J connectivity index is 2.79. The molecule has 0 aliphatic rings. The molecule has 112 valence electrons. The number of rotatable bonds is 6. The molecule has 0 radical (unpaired) electrons. The highest BCUT2D eigenvalue weighted by Crippen LogP contribution is 2.35. The number of halogens is 2. The number of hydrogen-bond acceptors (Lipinski definition) is 7. The standard InChI is InChI=1S/C7H8F2N4O5S2/c8-7(9,20(10,17)18)5-12-13-6(19-5)11-3(14)1-2-4(15)16/h1-2H2,(H,15,16)(H2,10,17,18)(H,11,13,14). The number of anilines is 1. The number of nitrogens with zero attached hydrogens (tertiary/aromatic N) is 2. The van der Waals surface area contributed by atoms with Crippen LogP contribution in [-0.2, 0) is 24.9 Å². The molecule has 0 atom stereocenters. The highest BCUT2D eigenvalue weighted by Gasteiger charge is 2.48. The summed E-state index contributed by atoms with van der Waals surface area (Å²) in [5.41, 5.74) is 0. The fourth-order valence-electron chi connectivity index (χ4n) is 0.915. The number of carbonyl (C=O) groups excluding carboxylic acids is 1. The largest absolute Gasteiger partial charge is 0.481 e. The van der Waals surface area contributed by atoms with Gasteiger partial charge in [-0.3, -0.25) is 9.59 Å². The van der Waals surface area contributed by atoms with Crippen LogP contribution in [0, 0.1) is 0 Å². The van der Waals surface area contributed by atoms with Gasteiger partial charge in [0, 0.05) is 6.42 Å². The molecule has 0 aliphatic carbocycles. The van der Waals surface area contributed by atoms with Crippen molar-refractivity contribution in [1.29, 1.82) is 0 Å². The highest BCUT2D eigenvalue weighted by molar-refractivity contribution is 7.89. The van der Waals surface area contributed by atoms with Gasteiger partial charge in [0.15, 0.2) is 0 Å². The minimum Gasteiger partial charge on any atom is -0.481 e. The zero-order valence-electron chi connectivity index (χ0n) is 9.54. The summed E-state index contributed by atoms with van der Waals surface area (Å²) in [6.45, 7) is 0. The molecule has 1 amide bonds. The minimum atomic E-state index is -5.21. The van der Waals surface area contributed by atoms with Crippen molar-refractivity contribution in [2.75, 3.05) is 5.32 Å². The number of carboxylic acids is 1. The Morgan fingerprint density at radius 3 is 2.45 bits per heavy atom. The molecule has 0 aliphatic heterocycles. The Labute approximate surface area is 114 Å². The van der Waals surface area contributed by atoms with E-state index in [0.717, 1.165) is 0 Å². The van der Waals surface area contributed by atoms with Gasteiger partial charge in [0.05, 0.1) is 6.42 Å². The van der Waals surface area contributed by atoms with Crippen molar-refractivity contribution in [3.63, 3.8) is 0 Å². The van der Waals surface area contributed by atoms with Gasteiger partial charge in [-0.25, -0.2) is 13.6 Å². The van der Waals surface area contributed by atoms with Crippen LogP contribution in [0.1, 0.15) is 17.8 Å². The van der Waals surface area contributed by atoms with Crippen molar-refractivity contribution in [1.82, 2.24) is 10.2 Å². The van der Waals surface area contributed by atoms with E-state index in [1.165, 1.54) is 0 Å². The first-order valence-electron chi connectivity index (χ1n) is 4.80. The van der Waals surface area contributed by atoms with Crippen molar-refractivity contribution < 1.29 is 31.9 Å². The van der Waals surface area contributed by atoms with Crippen LogP contribution < -0.4 is 10.5 Å². The lowest BCUT2D eigenvalue weighted by atomic mass is 10.3. The zero-order chi connectivity index (χ0) is 15.6. The third kappa shape index (κ3) is 3.88. The highest BCUT2D eigenvalue weighted by atomic mass is 32.2. The zero-order valence-corrected chi connectivity index (χ0v) is 11.2. The normalized spacial score (nSPS) is 12.2. The predicted octanol–water partition coefficient (Wildman–Crippen LogP) is -0.321. The van der Waals surface area contributed by atoms with E-state index in [4.69, 9.17) is 5.11 Å². The monoisotopic (exact) mass is 330 g/mol. The van der Waals surface area contributed by atoms with E-state index < -0.39 is 50.1 Å². The van der Waals surface area contributed by atoms with Crippen molar-refractivity contribution in [3.8, 4) is 0 Å². The van der Waals surface area contributed by atoms with Crippen LogP contribution in [-0.4, -0.2) is 35.6 Å². The van der Waals surface area contributed by atoms with Gasteiger partial charge < -0.3 is 10.4 Å². The number of nitrogens with two attached hydrogens (primary N) is 1. The summed E-state index contributed by atoms with van der Waals surface area (Å²) in [6, 6.07) is 0. The summed E-state index contributed by atoms with van der Waals surface area (Å²) >= 11 is 0.119. The van der Waals surface area contributed by atoms with Gasteiger partial charge in [0.1, 0.15) is 0 Å². The molecule has 1 heterocycles. The lowest BCUT2D eigenvalue weighted by Gasteiger charge is -2.08. The molecule has 0 unspecified atom stereocenters. The third-order valence-electron chi connectivity index (χ3n) is 1.84. The van der Waals surface area contributed by atoms with E-state index in [9.17, 15) is 26.8 Å². The summed E-state index contributed by atoms with van der Waals surface area (Å²) < 4.78 is 47.9. The van der Waals surface area contributed by atoms with Gasteiger partial charge >= 0.3 is 11.2 Å². The molecule has 1 aromatic rings. The predicted molar refractivity (Wildman–Crippen MR) is 62.4 cm³/mol. The molecule has 0 bridgehead atoms. The van der Waals surface area contributed by atoms with Crippen LogP contribution in [0.4, 0.5) is 13.9 Å². The number of carbonyl (C=O) groups is 2. The van der Waals surface area contributed by atoms with E-state index in [2.05, 4.69) is 15.3 Å². The van der Waals surface area contributed by atoms with Gasteiger partial charge in [-0.15, -0.1) is 10.2 Å². The lowest BCUT2D eigenvalue weighted by molar-refractivity contribution is -0.138. The van der Waals surface area contributed by atoms with Crippen LogP contribution >= 0.6 is 11.3 Å². The molecule has 20 heavy (non-hydrogen) atoms. The maximum atomic E-state index is 13.3. The number of aromatic nitrogens is 2. The van der Waals surface area contributed by atoms with Crippen molar-refractivity contribution in [3.05, 3.63) is 5.01 Å². The maximum Gasteiger partial charge on any atom is 0.411 e. The summed E-state index contributed by atoms with van der Waals surface area (Å²) in [4.78, 5) is 21.4. The van der Waals surface area contributed by atoms with Gasteiger partial charge in [0.25, 0.3) is 10.0 Å². The summed E-state index contributed by atoms with van der Waals surface area (Å²) in [7, 11) is -5.21. The van der Waals surface area contributed by atoms with Crippen LogP contribution in [0.2, 0.25) is 0 Å². The Bertz CT molecular complexity index is 629. The van der Waals surface area contributed by atoms with E-state index in [1.807, 2.05) is 5.32 Å². The first kappa shape index (κ1) is 16.3. The number of alkyl halides is 2. The van der Waals surface area contributed by atoms with Gasteiger partial charge in [0.2, 0.25) is 16.0 Å². The van der Waals surface area contributed by atoms with Crippen molar-refractivity contribution >= 4 is 38.4 Å². The van der Waals surface area contributed by atoms with E-state index >= 15 is 0 Å². The molecule has 1 aromatic heterocycles. The molecule has 0 saturated carbocycles. The van der Waals surface area contributed by atoms with E-state index in [0.29, 0.717) is 0 Å². The summed E-state index contributed by atoms with van der Waals surface area (Å²) in [5.74, 6) is -1.99. The molecule has 9 nitrogen and oxygen atoms in total. The number of amides is 1. The first-order chi connectivity index (χ1) is 9.04. The summed E-state index contributed by atoms with van der Waals surface area (Å²) in [6.07, 6.45) is -0.847. The Morgan fingerprint density at radius 1 is 1.35 bits per heavy atom. The molecule has 0 aromatic carbocycles. The molecular formula is C7H8F2N4O5S2. The van der Waals surface area contributed by atoms with Crippen LogP contribution in [0.3, 0.4) is 0 Å². The van der Waals surface area contributed by atoms with Gasteiger partial charge in [-0.1, -0.05) is 11.3 Å². The average molecular weight is 330 g/mol. The van der Waals surface area contributed by atoms with Crippen molar-refractivity contribution in [2.45, 2.75) is 18.1 Å². The quantitative estimate of drug-likeness (QED) is 0.646. The van der Waals surface area contributed by atoms with E-state index in [1.54, 1.807) is 0 Å². The molecule has 13 heteroatoms. The number of nitrogens with one attached hydrogen (secondary N) is 1. The molecule has 1 rings (SSSR count). The van der Waals surface area contributed by atoms with Crippen LogP contribution in [0.15, 0.2) is 0 Å². The second-order valence-electron chi connectivity index (χ2n) is 3.42. The Kier molecular flexibility index (Phi) is 4.67. The Morgan fingerprint density at radius 2 is 1.95 bits per heavy atom. The van der Waals surface area contributed by atoms with Crippen molar-refractivity contribution in [2.24, 2.45) is 5.14 Å². The number of sulfonamides is 1. The number of aliphatic carboxylic acids is 1. The third-order valence-corrected chi connectivity index (χ3v) is 3.79. The second kappa shape index (κ2) is 5.72. The SMILES string of the molecule is NS(=O)(=O)C(F)(F)c1nnc(NC(=O)CCC(=O)O)s1. The topological polar surface area (TPSA) is 152 Å². The molecular weight excluding hydrogens is 322 g/mol. The minimum absolute atomic E-state index is 0.119. The molecule has 0 spiro atoms. The second-order valence-corrected chi connectivity index (χ2v) is 6.00. The molecule has 4 N–H and O–H groups in total.